The van der Waals surface area contributed by atoms with E-state index in [2.05, 4.69) is 24.1 Å². The number of nitrogens with zero attached hydrogens (tertiary/aromatic N) is 1. The molecule has 1 N–H and O–H groups in total. The third kappa shape index (κ3) is 5.05. The fourth-order valence-electron chi connectivity index (χ4n) is 3.53. The minimum Gasteiger partial charge on any atom is -0.380 e. The summed E-state index contributed by atoms with van der Waals surface area (Å²) in [5, 5.41) is 3.59. The largest absolute Gasteiger partial charge is 0.380 e. The minimum atomic E-state index is 0.650. The van der Waals surface area contributed by atoms with E-state index in [4.69, 9.17) is 4.74 Å². The van der Waals surface area contributed by atoms with Crippen molar-refractivity contribution in [3.63, 3.8) is 0 Å². The molecular formula is C16H32N2O. The van der Waals surface area contributed by atoms with Crippen molar-refractivity contribution in [2.45, 2.75) is 52.0 Å². The Morgan fingerprint density at radius 1 is 1.21 bits per heavy atom. The monoisotopic (exact) mass is 268 g/mol. The summed E-state index contributed by atoms with van der Waals surface area (Å²) in [7, 11) is 0. The number of rotatable bonds is 6. The highest BCUT2D eigenvalue weighted by atomic mass is 16.5. The van der Waals surface area contributed by atoms with Crippen molar-refractivity contribution in [1.29, 1.82) is 0 Å². The second kappa shape index (κ2) is 8.23. The highest BCUT2D eigenvalue weighted by Gasteiger charge is 2.30. The molecule has 2 aliphatic rings. The first-order valence-corrected chi connectivity index (χ1v) is 8.30. The van der Waals surface area contributed by atoms with Gasteiger partial charge in [0, 0.05) is 38.8 Å². The summed E-state index contributed by atoms with van der Waals surface area (Å²) in [6.45, 7) is 10.9. The van der Waals surface area contributed by atoms with Gasteiger partial charge in [0.05, 0.1) is 6.61 Å². The summed E-state index contributed by atoms with van der Waals surface area (Å²) in [5.74, 6) is 1.57. The van der Waals surface area contributed by atoms with E-state index in [9.17, 15) is 0 Å². The van der Waals surface area contributed by atoms with Crippen molar-refractivity contribution in [1.82, 2.24) is 10.2 Å². The van der Waals surface area contributed by atoms with E-state index in [1.54, 1.807) is 0 Å². The smallest absolute Gasteiger partial charge is 0.0593 e. The lowest BCUT2D eigenvalue weighted by atomic mass is 9.82. The number of piperazine rings is 1. The molecule has 0 radical (unpaired) electrons. The lowest BCUT2D eigenvalue weighted by Crippen LogP contribution is -2.55. The molecule has 2 fully saturated rings. The molecule has 1 atom stereocenters. The van der Waals surface area contributed by atoms with Crippen LogP contribution in [0.1, 0.15) is 46.0 Å². The van der Waals surface area contributed by atoms with Gasteiger partial charge in [0.1, 0.15) is 0 Å². The molecule has 1 aliphatic heterocycles. The molecule has 0 bridgehead atoms. The average Bonchev–Trinajstić information content (AvgIpc) is 2.45. The molecular weight excluding hydrogens is 236 g/mol. The van der Waals surface area contributed by atoms with Crippen LogP contribution in [0.25, 0.3) is 0 Å². The van der Waals surface area contributed by atoms with Crippen LogP contribution >= 0.6 is 0 Å². The van der Waals surface area contributed by atoms with Crippen LogP contribution in [-0.2, 0) is 4.74 Å². The first-order chi connectivity index (χ1) is 9.27. The molecule has 0 amide bonds. The normalized spacial score (nSPS) is 27.0. The Morgan fingerprint density at radius 2 is 2.00 bits per heavy atom. The van der Waals surface area contributed by atoms with Gasteiger partial charge in [0.25, 0.3) is 0 Å². The molecule has 3 nitrogen and oxygen atoms in total. The van der Waals surface area contributed by atoms with Gasteiger partial charge in [-0.1, -0.05) is 33.1 Å². The zero-order valence-corrected chi connectivity index (χ0v) is 12.9. The van der Waals surface area contributed by atoms with E-state index in [1.165, 1.54) is 45.2 Å². The number of ether oxygens (including phenoxy) is 1. The summed E-state index contributed by atoms with van der Waals surface area (Å²) in [6.07, 6.45) is 7.22. The highest BCUT2D eigenvalue weighted by Crippen LogP contribution is 2.29. The van der Waals surface area contributed by atoms with E-state index < -0.39 is 0 Å². The maximum Gasteiger partial charge on any atom is 0.0593 e. The second-order valence-electron chi connectivity index (χ2n) is 6.67. The van der Waals surface area contributed by atoms with Crippen molar-refractivity contribution in [3.05, 3.63) is 0 Å². The molecule has 112 valence electrons. The Hall–Kier alpha value is -0.120. The third-order valence-corrected chi connectivity index (χ3v) is 4.57. The van der Waals surface area contributed by atoms with Crippen LogP contribution in [0, 0.1) is 11.8 Å². The topological polar surface area (TPSA) is 24.5 Å². The van der Waals surface area contributed by atoms with Gasteiger partial charge >= 0.3 is 0 Å². The van der Waals surface area contributed by atoms with Gasteiger partial charge in [0.15, 0.2) is 0 Å². The zero-order chi connectivity index (χ0) is 13.5. The molecule has 1 saturated heterocycles. The van der Waals surface area contributed by atoms with Crippen molar-refractivity contribution in [3.8, 4) is 0 Å². The van der Waals surface area contributed by atoms with Gasteiger partial charge in [-0.05, 0) is 24.7 Å². The maximum atomic E-state index is 5.77. The van der Waals surface area contributed by atoms with Gasteiger partial charge in [0.2, 0.25) is 0 Å². The Morgan fingerprint density at radius 3 is 2.74 bits per heavy atom. The quantitative estimate of drug-likeness (QED) is 0.749. The average molecular weight is 268 g/mol. The number of hydrogen-bond donors (Lipinski definition) is 1. The first kappa shape index (κ1) is 15.3. The van der Waals surface area contributed by atoms with Gasteiger partial charge in [-0.15, -0.1) is 0 Å². The standard InChI is InChI=1S/C16H32N2O/c1-14(2)13-19-11-10-18-9-8-17-12-16(18)15-6-4-3-5-7-15/h14-17H,3-13H2,1-2H3. The molecule has 1 heterocycles. The van der Waals surface area contributed by atoms with Gasteiger partial charge < -0.3 is 10.1 Å². The highest BCUT2D eigenvalue weighted by molar-refractivity contribution is 4.86. The molecule has 1 saturated carbocycles. The van der Waals surface area contributed by atoms with Crippen LogP contribution in [0.2, 0.25) is 0 Å². The minimum absolute atomic E-state index is 0.650. The van der Waals surface area contributed by atoms with Crippen LogP contribution < -0.4 is 5.32 Å². The Kier molecular flexibility index (Phi) is 6.62. The number of hydrogen-bond acceptors (Lipinski definition) is 3. The second-order valence-corrected chi connectivity index (χ2v) is 6.67. The van der Waals surface area contributed by atoms with Crippen LogP contribution in [0.3, 0.4) is 0 Å². The lowest BCUT2D eigenvalue weighted by molar-refractivity contribution is 0.0417. The Bertz CT molecular complexity index is 239. The van der Waals surface area contributed by atoms with Crippen molar-refractivity contribution in [2.75, 3.05) is 39.4 Å². The molecule has 1 unspecified atom stereocenters. The van der Waals surface area contributed by atoms with Crippen LogP contribution in [0.15, 0.2) is 0 Å². The van der Waals surface area contributed by atoms with Crippen LogP contribution in [0.4, 0.5) is 0 Å². The van der Waals surface area contributed by atoms with Crippen molar-refractivity contribution < 1.29 is 4.74 Å². The molecule has 19 heavy (non-hydrogen) atoms. The summed E-state index contributed by atoms with van der Waals surface area (Å²) < 4.78 is 5.77. The molecule has 1 aliphatic carbocycles. The van der Waals surface area contributed by atoms with Gasteiger partial charge in [-0.25, -0.2) is 0 Å². The van der Waals surface area contributed by atoms with Crippen LogP contribution in [0.5, 0.6) is 0 Å². The van der Waals surface area contributed by atoms with Crippen LogP contribution in [-0.4, -0.2) is 50.3 Å². The third-order valence-electron chi connectivity index (χ3n) is 4.57. The van der Waals surface area contributed by atoms with E-state index in [1.807, 2.05) is 0 Å². The van der Waals surface area contributed by atoms with Gasteiger partial charge in [-0.3, -0.25) is 4.90 Å². The maximum absolute atomic E-state index is 5.77. The summed E-state index contributed by atoms with van der Waals surface area (Å²) >= 11 is 0. The van der Waals surface area contributed by atoms with E-state index in [-0.39, 0.29) is 0 Å². The van der Waals surface area contributed by atoms with E-state index >= 15 is 0 Å². The molecule has 0 aromatic carbocycles. The Balaban J connectivity index is 1.75. The zero-order valence-electron chi connectivity index (χ0n) is 12.9. The fourth-order valence-corrected chi connectivity index (χ4v) is 3.53. The number of nitrogens with one attached hydrogen (secondary N) is 1. The first-order valence-electron chi connectivity index (χ1n) is 8.30. The SMILES string of the molecule is CC(C)COCCN1CCNCC1C1CCCCC1. The summed E-state index contributed by atoms with van der Waals surface area (Å²) in [6, 6.07) is 0.761. The predicted molar refractivity (Wildman–Crippen MR) is 80.5 cm³/mol. The molecule has 0 aromatic heterocycles. The lowest BCUT2D eigenvalue weighted by Gasteiger charge is -2.42. The summed E-state index contributed by atoms with van der Waals surface area (Å²) in [5.41, 5.74) is 0. The molecule has 3 heteroatoms. The molecule has 0 aromatic rings. The molecule has 0 spiro atoms. The fraction of sp³-hybridized carbons (Fsp3) is 1.00. The van der Waals surface area contributed by atoms with E-state index in [0.29, 0.717) is 5.92 Å². The molecule has 2 rings (SSSR count). The van der Waals surface area contributed by atoms with Crippen molar-refractivity contribution >= 4 is 0 Å². The van der Waals surface area contributed by atoms with Crippen molar-refractivity contribution in [2.24, 2.45) is 11.8 Å². The summed E-state index contributed by atoms with van der Waals surface area (Å²) in [4.78, 5) is 2.69. The van der Waals surface area contributed by atoms with Gasteiger partial charge in [-0.2, -0.15) is 0 Å². The Labute approximate surface area is 119 Å². The predicted octanol–water partition coefficient (Wildman–Crippen LogP) is 2.51. The van der Waals surface area contributed by atoms with E-state index in [0.717, 1.165) is 38.3 Å².